The van der Waals surface area contributed by atoms with E-state index in [2.05, 4.69) is 11.1 Å². The van der Waals surface area contributed by atoms with Crippen molar-refractivity contribution in [3.63, 3.8) is 0 Å². The lowest BCUT2D eigenvalue weighted by Gasteiger charge is -2.15. The van der Waals surface area contributed by atoms with Crippen molar-refractivity contribution < 1.29 is 5.11 Å². The average molecular weight is 374 g/mol. The second kappa shape index (κ2) is 8.49. The standard InChI is InChI=1S/C21H18N4OS/c22-13-19(21(24)27-18-6-4-17(23)5-7-18)15-2-1-3-16(12-15)20(26)14-8-10-25-11-9-14/h1-12,19-20,24,26H,23H2. The van der Waals surface area contributed by atoms with Crippen LogP contribution in [0.1, 0.15) is 28.7 Å². The highest BCUT2D eigenvalue weighted by molar-refractivity contribution is 8.14. The van der Waals surface area contributed by atoms with E-state index in [9.17, 15) is 10.4 Å². The van der Waals surface area contributed by atoms with Crippen LogP contribution in [0.2, 0.25) is 0 Å². The molecule has 5 nitrogen and oxygen atoms in total. The van der Waals surface area contributed by atoms with Crippen molar-refractivity contribution in [1.29, 1.82) is 10.7 Å². The van der Waals surface area contributed by atoms with Crippen LogP contribution in [0, 0.1) is 16.7 Å². The number of hydrogen-bond donors (Lipinski definition) is 3. The summed E-state index contributed by atoms with van der Waals surface area (Å²) in [5, 5.41) is 28.8. The van der Waals surface area contributed by atoms with E-state index in [0.29, 0.717) is 16.8 Å². The Kier molecular flexibility index (Phi) is 5.87. The van der Waals surface area contributed by atoms with E-state index in [4.69, 9.17) is 11.1 Å². The molecular formula is C21H18N4OS. The fourth-order valence-electron chi connectivity index (χ4n) is 2.65. The summed E-state index contributed by atoms with van der Waals surface area (Å²) in [5.41, 5.74) is 8.41. The van der Waals surface area contributed by atoms with Crippen LogP contribution in [-0.2, 0) is 0 Å². The van der Waals surface area contributed by atoms with Crippen LogP contribution in [0.5, 0.6) is 0 Å². The van der Waals surface area contributed by atoms with Gasteiger partial charge in [-0.25, -0.2) is 0 Å². The Morgan fingerprint density at radius 3 is 2.37 bits per heavy atom. The number of aromatic nitrogens is 1. The topological polar surface area (TPSA) is 107 Å². The molecule has 2 atom stereocenters. The number of nitrogens with two attached hydrogens (primary N) is 1. The molecule has 0 bridgehead atoms. The molecule has 3 rings (SSSR count). The number of pyridine rings is 1. The average Bonchev–Trinajstić information content (AvgIpc) is 2.70. The molecule has 2 unspecified atom stereocenters. The second-order valence-corrected chi connectivity index (χ2v) is 7.07. The number of thioether (sulfide) groups is 1. The monoisotopic (exact) mass is 374 g/mol. The number of aliphatic hydroxyl groups is 1. The van der Waals surface area contributed by atoms with E-state index < -0.39 is 12.0 Å². The molecule has 0 spiro atoms. The summed E-state index contributed by atoms with van der Waals surface area (Å²) in [6.07, 6.45) is 2.44. The second-order valence-electron chi connectivity index (χ2n) is 5.95. The van der Waals surface area contributed by atoms with Gasteiger partial charge in [0.25, 0.3) is 0 Å². The van der Waals surface area contributed by atoms with Gasteiger partial charge in [-0.1, -0.05) is 36.0 Å². The van der Waals surface area contributed by atoms with Crippen LogP contribution in [0.4, 0.5) is 5.69 Å². The Morgan fingerprint density at radius 2 is 1.70 bits per heavy atom. The summed E-state index contributed by atoms with van der Waals surface area (Å²) >= 11 is 1.22. The molecule has 1 aromatic heterocycles. The lowest BCUT2D eigenvalue weighted by molar-refractivity contribution is 0.220. The van der Waals surface area contributed by atoms with Crippen molar-refractivity contribution in [2.24, 2.45) is 0 Å². The van der Waals surface area contributed by atoms with Crippen LogP contribution in [0.25, 0.3) is 0 Å². The van der Waals surface area contributed by atoms with E-state index in [1.807, 2.05) is 12.1 Å². The smallest absolute Gasteiger partial charge is 0.119 e. The highest BCUT2D eigenvalue weighted by Gasteiger charge is 2.20. The third-order valence-corrected chi connectivity index (χ3v) is 5.04. The van der Waals surface area contributed by atoms with E-state index in [0.717, 1.165) is 10.5 Å². The maximum Gasteiger partial charge on any atom is 0.119 e. The number of anilines is 1. The first kappa shape index (κ1) is 18.6. The molecule has 0 radical (unpaired) electrons. The summed E-state index contributed by atoms with van der Waals surface area (Å²) in [6, 6.07) is 20.0. The van der Waals surface area contributed by atoms with Crippen molar-refractivity contribution in [2.75, 3.05) is 5.73 Å². The maximum atomic E-state index is 10.6. The maximum absolute atomic E-state index is 10.6. The van der Waals surface area contributed by atoms with Crippen molar-refractivity contribution in [3.8, 4) is 6.07 Å². The van der Waals surface area contributed by atoms with Gasteiger partial charge in [-0.05, 0) is 53.1 Å². The van der Waals surface area contributed by atoms with Gasteiger partial charge in [0.1, 0.15) is 12.0 Å². The van der Waals surface area contributed by atoms with Gasteiger partial charge >= 0.3 is 0 Å². The highest BCUT2D eigenvalue weighted by atomic mass is 32.2. The molecule has 27 heavy (non-hydrogen) atoms. The predicted octanol–water partition coefficient (Wildman–Crippen LogP) is 4.12. The number of hydrogen-bond acceptors (Lipinski definition) is 6. The van der Waals surface area contributed by atoms with Gasteiger partial charge < -0.3 is 10.8 Å². The molecule has 3 aromatic rings. The van der Waals surface area contributed by atoms with Crippen LogP contribution in [-0.4, -0.2) is 15.1 Å². The number of nitrogens with zero attached hydrogens (tertiary/aromatic N) is 2. The SMILES string of the molecule is N#CC(C(=N)Sc1ccc(N)cc1)c1cccc(C(O)c2ccncc2)c1. The summed E-state index contributed by atoms with van der Waals surface area (Å²) in [5.74, 6) is -0.711. The Hall–Kier alpha value is -3.14. The number of benzene rings is 2. The summed E-state index contributed by atoms with van der Waals surface area (Å²) in [6.45, 7) is 0. The molecular weight excluding hydrogens is 356 g/mol. The largest absolute Gasteiger partial charge is 0.399 e. The lowest BCUT2D eigenvalue weighted by Crippen LogP contribution is -2.08. The van der Waals surface area contributed by atoms with Gasteiger partial charge in [0.15, 0.2) is 0 Å². The highest BCUT2D eigenvalue weighted by Crippen LogP contribution is 2.30. The number of nitriles is 1. The number of nitrogens with one attached hydrogen (secondary N) is 1. The molecule has 0 amide bonds. The van der Waals surface area contributed by atoms with Crippen molar-refractivity contribution >= 4 is 22.5 Å². The zero-order chi connectivity index (χ0) is 19.2. The zero-order valence-corrected chi connectivity index (χ0v) is 15.2. The number of rotatable bonds is 5. The first-order chi connectivity index (χ1) is 13.1. The molecule has 134 valence electrons. The molecule has 0 saturated carbocycles. The van der Waals surface area contributed by atoms with Gasteiger partial charge in [-0.2, -0.15) is 5.26 Å². The summed E-state index contributed by atoms with van der Waals surface area (Å²) < 4.78 is 0. The molecule has 0 aliphatic heterocycles. The number of nitrogen functional groups attached to an aromatic ring is 1. The van der Waals surface area contributed by atoms with Crippen molar-refractivity contribution in [3.05, 3.63) is 89.7 Å². The lowest BCUT2D eigenvalue weighted by atomic mass is 9.95. The third-order valence-electron chi connectivity index (χ3n) is 4.08. The van der Waals surface area contributed by atoms with Crippen LogP contribution < -0.4 is 5.73 Å². The molecule has 0 fully saturated rings. The molecule has 0 aliphatic carbocycles. The van der Waals surface area contributed by atoms with Crippen LogP contribution >= 0.6 is 11.8 Å². The Morgan fingerprint density at radius 1 is 1.04 bits per heavy atom. The quantitative estimate of drug-likeness (QED) is 0.269. The van der Waals surface area contributed by atoms with Crippen molar-refractivity contribution in [2.45, 2.75) is 16.9 Å². The normalized spacial score (nSPS) is 12.7. The van der Waals surface area contributed by atoms with Gasteiger partial charge in [0, 0.05) is 23.0 Å². The molecule has 1 heterocycles. The number of aliphatic hydroxyl groups excluding tert-OH is 1. The molecule has 0 saturated heterocycles. The van der Waals surface area contributed by atoms with Gasteiger partial charge in [-0.15, -0.1) is 0 Å². The Balaban J connectivity index is 1.82. The molecule has 0 aliphatic rings. The summed E-state index contributed by atoms with van der Waals surface area (Å²) in [4.78, 5) is 4.81. The fraction of sp³-hybridized carbons (Fsp3) is 0.0952. The molecule has 2 aromatic carbocycles. The van der Waals surface area contributed by atoms with E-state index >= 15 is 0 Å². The van der Waals surface area contributed by atoms with Gasteiger partial charge in [-0.3, -0.25) is 10.4 Å². The first-order valence-electron chi connectivity index (χ1n) is 8.28. The Labute approximate surface area is 162 Å². The minimum absolute atomic E-state index is 0.220. The van der Waals surface area contributed by atoms with Crippen LogP contribution in [0.3, 0.4) is 0 Å². The summed E-state index contributed by atoms with van der Waals surface area (Å²) in [7, 11) is 0. The van der Waals surface area contributed by atoms with E-state index in [1.165, 1.54) is 11.8 Å². The van der Waals surface area contributed by atoms with Crippen molar-refractivity contribution in [1.82, 2.24) is 4.98 Å². The van der Waals surface area contributed by atoms with E-state index in [1.54, 1.807) is 60.9 Å². The minimum Gasteiger partial charge on any atom is -0.399 e. The molecule has 4 N–H and O–H groups in total. The van der Waals surface area contributed by atoms with Crippen LogP contribution in [0.15, 0.2) is 78.0 Å². The van der Waals surface area contributed by atoms with Gasteiger partial charge in [0.2, 0.25) is 0 Å². The third kappa shape index (κ3) is 4.53. The zero-order valence-electron chi connectivity index (χ0n) is 14.4. The molecule has 6 heteroatoms. The fourth-order valence-corrected chi connectivity index (χ4v) is 3.49. The minimum atomic E-state index is -0.814. The first-order valence-corrected chi connectivity index (χ1v) is 9.09. The van der Waals surface area contributed by atoms with Gasteiger partial charge in [0.05, 0.1) is 11.1 Å². The Bertz CT molecular complexity index is 967. The predicted molar refractivity (Wildman–Crippen MR) is 108 cm³/mol. The van der Waals surface area contributed by atoms with E-state index in [-0.39, 0.29) is 5.04 Å².